The SMILES string of the molecule is O=C(COc1ccc2ccccc2c1)NC1CCOc2ccccc21. The third kappa shape index (κ3) is 3.43. The smallest absolute Gasteiger partial charge is 0.258 e. The van der Waals surface area contributed by atoms with Crippen molar-refractivity contribution in [1.82, 2.24) is 5.32 Å². The van der Waals surface area contributed by atoms with E-state index in [9.17, 15) is 4.79 Å². The van der Waals surface area contributed by atoms with Gasteiger partial charge in [0.15, 0.2) is 6.61 Å². The molecule has 1 atom stereocenters. The van der Waals surface area contributed by atoms with E-state index in [0.717, 1.165) is 28.5 Å². The summed E-state index contributed by atoms with van der Waals surface area (Å²) in [4.78, 5) is 12.3. The molecule has 1 aliphatic heterocycles. The molecule has 0 saturated heterocycles. The number of carbonyl (C=O) groups is 1. The summed E-state index contributed by atoms with van der Waals surface area (Å²) in [6.45, 7) is 0.603. The summed E-state index contributed by atoms with van der Waals surface area (Å²) in [7, 11) is 0. The fraction of sp³-hybridized carbons (Fsp3) is 0.190. The number of hydrogen-bond donors (Lipinski definition) is 1. The lowest BCUT2D eigenvalue weighted by molar-refractivity contribution is -0.124. The lowest BCUT2D eigenvalue weighted by Crippen LogP contribution is -2.35. The van der Waals surface area contributed by atoms with E-state index in [2.05, 4.69) is 11.4 Å². The molecule has 25 heavy (non-hydrogen) atoms. The topological polar surface area (TPSA) is 47.6 Å². The number of ether oxygens (including phenoxy) is 2. The Labute approximate surface area is 146 Å². The van der Waals surface area contributed by atoms with Crippen LogP contribution in [0.5, 0.6) is 11.5 Å². The molecular weight excluding hydrogens is 314 g/mol. The van der Waals surface area contributed by atoms with Crippen LogP contribution >= 0.6 is 0 Å². The number of amides is 1. The molecule has 0 fully saturated rings. The minimum atomic E-state index is -0.130. The fourth-order valence-electron chi connectivity index (χ4n) is 3.13. The second-order valence-corrected chi connectivity index (χ2v) is 6.09. The fourth-order valence-corrected chi connectivity index (χ4v) is 3.13. The van der Waals surface area contributed by atoms with Gasteiger partial charge in [-0.3, -0.25) is 4.79 Å². The van der Waals surface area contributed by atoms with Crippen molar-refractivity contribution < 1.29 is 14.3 Å². The highest BCUT2D eigenvalue weighted by molar-refractivity contribution is 5.84. The molecule has 3 aromatic carbocycles. The van der Waals surface area contributed by atoms with Gasteiger partial charge in [-0.2, -0.15) is 0 Å². The molecule has 3 aromatic rings. The molecule has 1 aliphatic rings. The number of rotatable bonds is 4. The van der Waals surface area contributed by atoms with E-state index in [-0.39, 0.29) is 18.6 Å². The van der Waals surface area contributed by atoms with Crippen molar-refractivity contribution >= 4 is 16.7 Å². The molecule has 1 heterocycles. The molecular formula is C21H19NO3. The number of carbonyl (C=O) groups excluding carboxylic acids is 1. The van der Waals surface area contributed by atoms with Gasteiger partial charge in [0.25, 0.3) is 5.91 Å². The average Bonchev–Trinajstić information content (AvgIpc) is 2.66. The summed E-state index contributed by atoms with van der Waals surface area (Å²) < 4.78 is 11.3. The van der Waals surface area contributed by atoms with Crippen LogP contribution in [0.2, 0.25) is 0 Å². The summed E-state index contributed by atoms with van der Waals surface area (Å²) in [5, 5.41) is 5.29. The second kappa shape index (κ2) is 6.85. The first-order valence-electron chi connectivity index (χ1n) is 8.42. The van der Waals surface area contributed by atoms with Gasteiger partial charge < -0.3 is 14.8 Å². The summed E-state index contributed by atoms with van der Waals surface area (Å²) >= 11 is 0. The molecule has 0 saturated carbocycles. The third-order valence-electron chi connectivity index (χ3n) is 4.38. The Morgan fingerprint density at radius 1 is 1.04 bits per heavy atom. The van der Waals surface area contributed by atoms with E-state index in [1.807, 2.05) is 60.7 Å². The van der Waals surface area contributed by atoms with E-state index in [4.69, 9.17) is 9.47 Å². The normalized spacial score (nSPS) is 15.9. The van der Waals surface area contributed by atoms with Crippen LogP contribution in [0.3, 0.4) is 0 Å². The number of hydrogen-bond acceptors (Lipinski definition) is 3. The number of nitrogens with one attached hydrogen (secondary N) is 1. The monoisotopic (exact) mass is 333 g/mol. The van der Waals surface area contributed by atoms with Gasteiger partial charge in [-0.15, -0.1) is 0 Å². The first-order valence-corrected chi connectivity index (χ1v) is 8.42. The van der Waals surface area contributed by atoms with Crippen LogP contribution in [0, 0.1) is 0 Å². The predicted octanol–water partition coefficient (Wildman–Crippen LogP) is 3.86. The first-order chi connectivity index (χ1) is 12.3. The summed E-state index contributed by atoms with van der Waals surface area (Å²) in [6.07, 6.45) is 0.763. The standard InChI is InChI=1S/C21H19NO3/c23-21(22-19-11-12-24-20-8-4-3-7-18(19)20)14-25-17-10-9-15-5-1-2-6-16(15)13-17/h1-10,13,19H,11-12,14H2,(H,22,23). The Morgan fingerprint density at radius 3 is 2.76 bits per heavy atom. The second-order valence-electron chi connectivity index (χ2n) is 6.09. The van der Waals surface area contributed by atoms with Crippen molar-refractivity contribution in [3.8, 4) is 11.5 Å². The van der Waals surface area contributed by atoms with Crippen LogP contribution in [0.1, 0.15) is 18.0 Å². The maximum atomic E-state index is 12.3. The van der Waals surface area contributed by atoms with Gasteiger partial charge in [0.1, 0.15) is 11.5 Å². The Morgan fingerprint density at radius 2 is 1.84 bits per heavy atom. The van der Waals surface area contributed by atoms with Gasteiger partial charge in [-0.25, -0.2) is 0 Å². The summed E-state index contributed by atoms with van der Waals surface area (Å²) in [6, 6.07) is 21.7. The van der Waals surface area contributed by atoms with Gasteiger partial charge in [-0.1, -0.05) is 48.5 Å². The number of para-hydroxylation sites is 1. The molecule has 4 heteroatoms. The maximum Gasteiger partial charge on any atom is 0.258 e. The van der Waals surface area contributed by atoms with Crippen LogP contribution in [0.15, 0.2) is 66.7 Å². The minimum Gasteiger partial charge on any atom is -0.493 e. The lowest BCUT2D eigenvalue weighted by atomic mass is 10.0. The van der Waals surface area contributed by atoms with Crippen LogP contribution in [-0.2, 0) is 4.79 Å². The zero-order chi connectivity index (χ0) is 17.1. The number of benzene rings is 3. The highest BCUT2D eigenvalue weighted by atomic mass is 16.5. The number of fused-ring (bicyclic) bond motifs is 2. The molecule has 0 aromatic heterocycles. The van der Waals surface area contributed by atoms with Crippen molar-refractivity contribution in [2.45, 2.75) is 12.5 Å². The summed E-state index contributed by atoms with van der Waals surface area (Å²) in [5.74, 6) is 1.41. The van der Waals surface area contributed by atoms with Crippen molar-refractivity contribution in [1.29, 1.82) is 0 Å². The zero-order valence-electron chi connectivity index (χ0n) is 13.8. The zero-order valence-corrected chi connectivity index (χ0v) is 13.8. The average molecular weight is 333 g/mol. The maximum absolute atomic E-state index is 12.3. The third-order valence-corrected chi connectivity index (χ3v) is 4.38. The van der Waals surface area contributed by atoms with Gasteiger partial charge in [0, 0.05) is 12.0 Å². The molecule has 0 aliphatic carbocycles. The highest BCUT2D eigenvalue weighted by Gasteiger charge is 2.22. The molecule has 4 nitrogen and oxygen atoms in total. The summed E-state index contributed by atoms with van der Waals surface area (Å²) in [5.41, 5.74) is 1.02. The molecule has 0 spiro atoms. The van der Waals surface area contributed by atoms with Gasteiger partial charge in [0.05, 0.1) is 12.6 Å². The van der Waals surface area contributed by atoms with E-state index >= 15 is 0 Å². The Kier molecular flexibility index (Phi) is 4.25. The minimum absolute atomic E-state index is 0.00212. The van der Waals surface area contributed by atoms with Crippen molar-refractivity contribution in [3.05, 3.63) is 72.3 Å². The molecule has 126 valence electrons. The lowest BCUT2D eigenvalue weighted by Gasteiger charge is -2.26. The quantitative estimate of drug-likeness (QED) is 0.789. The van der Waals surface area contributed by atoms with Gasteiger partial charge >= 0.3 is 0 Å². The van der Waals surface area contributed by atoms with Gasteiger partial charge in [0.2, 0.25) is 0 Å². The molecule has 4 rings (SSSR count). The van der Waals surface area contributed by atoms with Crippen LogP contribution in [0.25, 0.3) is 10.8 Å². The highest BCUT2D eigenvalue weighted by Crippen LogP contribution is 2.31. The first kappa shape index (κ1) is 15.5. The van der Waals surface area contributed by atoms with Crippen molar-refractivity contribution in [3.63, 3.8) is 0 Å². The molecule has 1 unspecified atom stereocenters. The molecule has 0 radical (unpaired) electrons. The van der Waals surface area contributed by atoms with Crippen molar-refractivity contribution in [2.75, 3.05) is 13.2 Å². The van der Waals surface area contributed by atoms with E-state index in [1.165, 1.54) is 0 Å². The largest absolute Gasteiger partial charge is 0.493 e. The van der Waals surface area contributed by atoms with E-state index < -0.39 is 0 Å². The Balaban J connectivity index is 1.39. The van der Waals surface area contributed by atoms with Crippen LogP contribution < -0.4 is 14.8 Å². The van der Waals surface area contributed by atoms with E-state index in [1.54, 1.807) is 0 Å². The molecule has 1 amide bonds. The Hall–Kier alpha value is -3.01. The van der Waals surface area contributed by atoms with E-state index in [0.29, 0.717) is 12.4 Å². The van der Waals surface area contributed by atoms with Crippen LogP contribution in [-0.4, -0.2) is 19.1 Å². The predicted molar refractivity (Wildman–Crippen MR) is 96.9 cm³/mol. The molecule has 0 bridgehead atoms. The Bertz CT molecular complexity index is 906. The van der Waals surface area contributed by atoms with Crippen LogP contribution in [0.4, 0.5) is 0 Å². The molecule has 1 N–H and O–H groups in total. The van der Waals surface area contributed by atoms with Gasteiger partial charge in [-0.05, 0) is 29.0 Å². The van der Waals surface area contributed by atoms with Crippen molar-refractivity contribution in [2.24, 2.45) is 0 Å².